The summed E-state index contributed by atoms with van der Waals surface area (Å²) in [6.45, 7) is 9.32. The molecule has 2 saturated heterocycles. The Morgan fingerprint density at radius 1 is 1.42 bits per heavy atom. The second-order valence-corrected chi connectivity index (χ2v) is 6.74. The van der Waals surface area contributed by atoms with Crippen LogP contribution in [0.3, 0.4) is 0 Å². The number of nitrogens with zero attached hydrogens (tertiary/aromatic N) is 3. The molecule has 1 atom stereocenters. The van der Waals surface area contributed by atoms with Crippen molar-refractivity contribution >= 4 is 16.5 Å². The lowest BCUT2D eigenvalue weighted by atomic mass is 10.1. The van der Waals surface area contributed by atoms with Gasteiger partial charge in [0, 0.05) is 49.8 Å². The van der Waals surface area contributed by atoms with Crippen LogP contribution in [0, 0.1) is 0 Å². The molecular formula is C14H24N4S. The second kappa shape index (κ2) is 6.20. The van der Waals surface area contributed by atoms with Gasteiger partial charge in [0.1, 0.15) is 0 Å². The average molecular weight is 280 g/mol. The van der Waals surface area contributed by atoms with Crippen molar-refractivity contribution in [1.29, 1.82) is 0 Å². The fourth-order valence-corrected chi connectivity index (χ4v) is 3.99. The van der Waals surface area contributed by atoms with E-state index < -0.39 is 0 Å². The monoisotopic (exact) mass is 280 g/mol. The Labute approximate surface area is 119 Å². The zero-order valence-electron chi connectivity index (χ0n) is 11.8. The lowest BCUT2D eigenvalue weighted by molar-refractivity contribution is 0.100. The van der Waals surface area contributed by atoms with E-state index in [0.717, 1.165) is 30.7 Å². The molecule has 0 spiro atoms. The van der Waals surface area contributed by atoms with E-state index in [1.54, 1.807) is 0 Å². The van der Waals surface area contributed by atoms with Gasteiger partial charge in [-0.3, -0.25) is 9.80 Å². The van der Waals surface area contributed by atoms with E-state index in [4.69, 9.17) is 0 Å². The molecule has 3 heterocycles. The van der Waals surface area contributed by atoms with E-state index in [0.29, 0.717) is 0 Å². The molecule has 1 unspecified atom stereocenters. The Morgan fingerprint density at radius 2 is 2.37 bits per heavy atom. The fraction of sp³-hybridized carbons (Fsp3) is 0.786. The number of rotatable bonds is 5. The first-order chi connectivity index (χ1) is 9.35. The predicted molar refractivity (Wildman–Crippen MR) is 80.8 cm³/mol. The maximum atomic E-state index is 4.46. The third-order valence-electron chi connectivity index (χ3n) is 4.13. The number of thiazole rings is 1. The topological polar surface area (TPSA) is 31.4 Å². The summed E-state index contributed by atoms with van der Waals surface area (Å²) in [4.78, 5) is 11.1. The van der Waals surface area contributed by atoms with Gasteiger partial charge < -0.3 is 5.32 Å². The Balaban J connectivity index is 1.52. The van der Waals surface area contributed by atoms with Crippen LogP contribution in [0.5, 0.6) is 0 Å². The molecule has 0 bridgehead atoms. The molecule has 1 aromatic heterocycles. The molecule has 5 heteroatoms. The van der Waals surface area contributed by atoms with Crippen molar-refractivity contribution in [2.45, 2.75) is 38.8 Å². The highest BCUT2D eigenvalue weighted by Crippen LogP contribution is 2.24. The molecule has 1 aromatic rings. The first-order valence-electron chi connectivity index (χ1n) is 7.50. The van der Waals surface area contributed by atoms with Crippen LogP contribution in [-0.2, 0) is 6.54 Å². The first kappa shape index (κ1) is 13.3. The minimum absolute atomic E-state index is 0.819. The van der Waals surface area contributed by atoms with Crippen molar-refractivity contribution < 1.29 is 0 Å². The summed E-state index contributed by atoms with van der Waals surface area (Å²) >= 11 is 1.81. The Morgan fingerprint density at radius 3 is 3.26 bits per heavy atom. The second-order valence-electron chi connectivity index (χ2n) is 5.63. The largest absolute Gasteiger partial charge is 0.362 e. The molecule has 3 rings (SSSR count). The number of aromatic nitrogens is 1. The molecule has 19 heavy (non-hydrogen) atoms. The highest BCUT2D eigenvalue weighted by Gasteiger charge is 2.30. The van der Waals surface area contributed by atoms with E-state index in [9.17, 15) is 0 Å². The molecule has 0 saturated carbocycles. The molecule has 2 aliphatic heterocycles. The van der Waals surface area contributed by atoms with Crippen molar-refractivity contribution in [2.24, 2.45) is 0 Å². The molecule has 2 fully saturated rings. The van der Waals surface area contributed by atoms with Crippen molar-refractivity contribution in [3.63, 3.8) is 0 Å². The molecule has 0 aliphatic carbocycles. The number of hydrogen-bond acceptors (Lipinski definition) is 5. The summed E-state index contributed by atoms with van der Waals surface area (Å²) in [6, 6.07) is 0.819. The molecule has 0 radical (unpaired) electrons. The number of anilines is 1. The van der Waals surface area contributed by atoms with Gasteiger partial charge in [-0.1, -0.05) is 6.92 Å². The van der Waals surface area contributed by atoms with Gasteiger partial charge in [-0.05, 0) is 25.8 Å². The minimum Gasteiger partial charge on any atom is -0.362 e. The minimum atomic E-state index is 0.819. The lowest BCUT2D eigenvalue weighted by Crippen LogP contribution is -2.49. The van der Waals surface area contributed by atoms with Crippen molar-refractivity contribution in [1.82, 2.24) is 14.8 Å². The van der Waals surface area contributed by atoms with Crippen LogP contribution in [0.25, 0.3) is 0 Å². The number of fused-ring (bicyclic) bond motifs is 1. The van der Waals surface area contributed by atoms with Crippen molar-refractivity contribution in [3.05, 3.63) is 11.1 Å². The Kier molecular flexibility index (Phi) is 4.35. The zero-order chi connectivity index (χ0) is 13.1. The molecule has 0 aromatic carbocycles. The SMILES string of the molecule is CCCNc1ncc(CN2CCN3CCCC3C2)s1. The summed E-state index contributed by atoms with van der Waals surface area (Å²) < 4.78 is 0. The number of hydrogen-bond donors (Lipinski definition) is 1. The van der Waals surface area contributed by atoms with Crippen LogP contribution in [0.2, 0.25) is 0 Å². The van der Waals surface area contributed by atoms with Gasteiger partial charge in [-0.15, -0.1) is 11.3 Å². The van der Waals surface area contributed by atoms with Gasteiger partial charge in [-0.25, -0.2) is 4.98 Å². The molecule has 106 valence electrons. The van der Waals surface area contributed by atoms with E-state index >= 15 is 0 Å². The maximum absolute atomic E-state index is 4.46. The smallest absolute Gasteiger partial charge is 0.182 e. The highest BCUT2D eigenvalue weighted by molar-refractivity contribution is 7.15. The third-order valence-corrected chi connectivity index (χ3v) is 5.07. The lowest BCUT2D eigenvalue weighted by Gasteiger charge is -2.37. The van der Waals surface area contributed by atoms with Crippen LogP contribution >= 0.6 is 11.3 Å². The Bertz CT molecular complexity index is 406. The third kappa shape index (κ3) is 3.27. The molecule has 1 N–H and O–H groups in total. The Hall–Kier alpha value is -0.650. The highest BCUT2D eigenvalue weighted by atomic mass is 32.1. The summed E-state index contributed by atoms with van der Waals surface area (Å²) in [5.74, 6) is 0. The van der Waals surface area contributed by atoms with Gasteiger partial charge in [-0.2, -0.15) is 0 Å². The van der Waals surface area contributed by atoms with Gasteiger partial charge >= 0.3 is 0 Å². The van der Waals surface area contributed by atoms with E-state index in [1.807, 2.05) is 17.5 Å². The predicted octanol–water partition coefficient (Wildman–Crippen LogP) is 2.25. The van der Waals surface area contributed by atoms with E-state index in [1.165, 1.54) is 43.9 Å². The number of nitrogens with one attached hydrogen (secondary N) is 1. The van der Waals surface area contributed by atoms with Crippen molar-refractivity contribution in [3.8, 4) is 0 Å². The van der Waals surface area contributed by atoms with E-state index in [2.05, 4.69) is 27.0 Å². The van der Waals surface area contributed by atoms with Gasteiger partial charge in [0.05, 0.1) is 0 Å². The van der Waals surface area contributed by atoms with Crippen LogP contribution in [0.15, 0.2) is 6.20 Å². The molecule has 4 nitrogen and oxygen atoms in total. The summed E-state index contributed by atoms with van der Waals surface area (Å²) in [5.41, 5.74) is 0. The zero-order valence-corrected chi connectivity index (χ0v) is 12.6. The molecular weight excluding hydrogens is 256 g/mol. The fourth-order valence-electron chi connectivity index (χ4n) is 3.11. The van der Waals surface area contributed by atoms with Crippen LogP contribution in [-0.4, -0.2) is 53.5 Å². The first-order valence-corrected chi connectivity index (χ1v) is 8.32. The summed E-state index contributed by atoms with van der Waals surface area (Å²) in [6.07, 6.45) is 5.98. The van der Waals surface area contributed by atoms with Gasteiger partial charge in [0.2, 0.25) is 0 Å². The average Bonchev–Trinajstić information content (AvgIpc) is 3.05. The summed E-state index contributed by atoms with van der Waals surface area (Å²) in [5, 5.41) is 4.45. The van der Waals surface area contributed by atoms with Crippen LogP contribution < -0.4 is 5.32 Å². The molecule has 2 aliphatic rings. The maximum Gasteiger partial charge on any atom is 0.182 e. The van der Waals surface area contributed by atoms with Gasteiger partial charge in [0.15, 0.2) is 5.13 Å². The number of piperazine rings is 1. The summed E-state index contributed by atoms with van der Waals surface area (Å²) in [7, 11) is 0. The van der Waals surface area contributed by atoms with Crippen LogP contribution in [0.4, 0.5) is 5.13 Å². The van der Waals surface area contributed by atoms with Gasteiger partial charge in [0.25, 0.3) is 0 Å². The van der Waals surface area contributed by atoms with E-state index in [-0.39, 0.29) is 0 Å². The normalized spacial score (nSPS) is 24.6. The molecule has 0 amide bonds. The quantitative estimate of drug-likeness (QED) is 0.896. The standard InChI is InChI=1S/C14H24N4S/c1-2-5-15-14-16-9-13(19-14)11-17-7-8-18-6-3-4-12(18)10-17/h9,12H,2-8,10-11H2,1H3,(H,15,16). The van der Waals surface area contributed by atoms with Crippen LogP contribution in [0.1, 0.15) is 31.1 Å². The van der Waals surface area contributed by atoms with Crippen molar-refractivity contribution in [2.75, 3.05) is 38.0 Å².